The van der Waals surface area contributed by atoms with Gasteiger partial charge in [0, 0.05) is 22.7 Å². The molecule has 5 heteroatoms. The van der Waals surface area contributed by atoms with Gasteiger partial charge in [-0.2, -0.15) is 13.2 Å². The molecule has 108 valence electrons. The van der Waals surface area contributed by atoms with Crippen molar-refractivity contribution in [3.8, 4) is 0 Å². The first kappa shape index (κ1) is 16.4. The molecule has 1 aromatic rings. The Balaban J connectivity index is 2.48. The van der Waals surface area contributed by atoms with Crippen LogP contribution in [0.15, 0.2) is 29.2 Å². The Bertz CT molecular complexity index is 396. The topological polar surface area (TPSA) is 12.0 Å². The van der Waals surface area contributed by atoms with Crippen LogP contribution in [-0.4, -0.2) is 17.5 Å². The molecule has 0 saturated heterocycles. The van der Waals surface area contributed by atoms with Gasteiger partial charge in [-0.3, -0.25) is 0 Å². The molecular formula is C14H20F3NS. The van der Waals surface area contributed by atoms with Crippen molar-refractivity contribution in [3.63, 3.8) is 0 Å². The largest absolute Gasteiger partial charge is 0.389 e. The van der Waals surface area contributed by atoms with Gasteiger partial charge < -0.3 is 5.32 Å². The highest BCUT2D eigenvalue weighted by molar-refractivity contribution is 7.99. The molecule has 0 amide bonds. The monoisotopic (exact) mass is 291 g/mol. The normalized spacial score (nSPS) is 12.7. The quantitative estimate of drug-likeness (QED) is 0.794. The lowest BCUT2D eigenvalue weighted by Crippen LogP contribution is -2.35. The predicted molar refractivity (Wildman–Crippen MR) is 74.4 cm³/mol. The summed E-state index contributed by atoms with van der Waals surface area (Å²) < 4.78 is 36.2. The van der Waals surface area contributed by atoms with E-state index in [0.717, 1.165) is 17.0 Å². The third kappa shape index (κ3) is 8.16. The summed E-state index contributed by atoms with van der Waals surface area (Å²) in [6, 6.07) is 7.66. The molecule has 1 aromatic carbocycles. The molecule has 0 bridgehead atoms. The summed E-state index contributed by atoms with van der Waals surface area (Å²) in [7, 11) is 0. The second kappa shape index (κ2) is 6.66. The maximum atomic E-state index is 12.1. The van der Waals surface area contributed by atoms with E-state index in [4.69, 9.17) is 0 Å². The average molecular weight is 291 g/mol. The molecule has 0 saturated carbocycles. The van der Waals surface area contributed by atoms with Crippen molar-refractivity contribution in [2.45, 2.75) is 50.3 Å². The highest BCUT2D eigenvalue weighted by Gasteiger charge is 2.26. The lowest BCUT2D eigenvalue weighted by molar-refractivity contribution is -0.129. The summed E-state index contributed by atoms with van der Waals surface area (Å²) in [5.74, 6) is 0.0691. The molecule has 0 aliphatic rings. The molecule has 0 heterocycles. The SMILES string of the molecule is CC(C)(C)NCc1cccc(SCCC(F)(F)F)c1. The zero-order valence-electron chi connectivity index (χ0n) is 11.5. The van der Waals surface area contributed by atoms with Crippen LogP contribution in [0.1, 0.15) is 32.8 Å². The number of halogens is 3. The van der Waals surface area contributed by atoms with Gasteiger partial charge in [-0.1, -0.05) is 12.1 Å². The van der Waals surface area contributed by atoms with E-state index in [1.807, 2.05) is 24.3 Å². The molecule has 19 heavy (non-hydrogen) atoms. The Kier molecular flexibility index (Phi) is 5.74. The average Bonchev–Trinajstić information content (AvgIpc) is 2.24. The van der Waals surface area contributed by atoms with Gasteiger partial charge in [0.05, 0.1) is 6.42 Å². The van der Waals surface area contributed by atoms with E-state index in [1.165, 1.54) is 11.8 Å². The summed E-state index contributed by atoms with van der Waals surface area (Å²) in [6.45, 7) is 6.95. The Hall–Kier alpha value is -0.680. The number of thioether (sulfide) groups is 1. The minimum Gasteiger partial charge on any atom is -0.308 e. The van der Waals surface area contributed by atoms with Crippen LogP contribution in [0, 0.1) is 0 Å². The lowest BCUT2D eigenvalue weighted by atomic mass is 10.1. The summed E-state index contributed by atoms with van der Waals surface area (Å²) in [6.07, 6.45) is -4.82. The summed E-state index contributed by atoms with van der Waals surface area (Å²) >= 11 is 1.25. The second-order valence-corrected chi connectivity index (χ2v) is 6.63. The zero-order valence-corrected chi connectivity index (χ0v) is 12.3. The molecule has 0 fully saturated rings. The number of hydrogen-bond donors (Lipinski definition) is 1. The van der Waals surface area contributed by atoms with Crippen molar-refractivity contribution in [1.82, 2.24) is 5.32 Å². The van der Waals surface area contributed by atoms with E-state index in [2.05, 4.69) is 26.1 Å². The molecule has 0 spiro atoms. The number of rotatable bonds is 5. The fourth-order valence-electron chi connectivity index (χ4n) is 1.40. The fraction of sp³-hybridized carbons (Fsp3) is 0.571. The van der Waals surface area contributed by atoms with Crippen LogP contribution in [0.4, 0.5) is 13.2 Å². The summed E-state index contributed by atoms with van der Waals surface area (Å²) in [4.78, 5) is 0.887. The first-order valence-electron chi connectivity index (χ1n) is 6.19. The van der Waals surface area contributed by atoms with Crippen molar-refractivity contribution in [3.05, 3.63) is 29.8 Å². The van der Waals surface area contributed by atoms with Crippen LogP contribution >= 0.6 is 11.8 Å². The van der Waals surface area contributed by atoms with Gasteiger partial charge in [-0.25, -0.2) is 0 Å². The van der Waals surface area contributed by atoms with Gasteiger partial charge in [-0.15, -0.1) is 11.8 Å². The minimum atomic E-state index is -4.07. The highest BCUT2D eigenvalue weighted by Crippen LogP contribution is 2.26. The van der Waals surface area contributed by atoms with Crippen molar-refractivity contribution in [1.29, 1.82) is 0 Å². The van der Waals surface area contributed by atoms with Gasteiger partial charge in [-0.05, 0) is 38.5 Å². The molecule has 1 nitrogen and oxygen atoms in total. The summed E-state index contributed by atoms with van der Waals surface area (Å²) in [5.41, 5.74) is 1.12. The maximum absolute atomic E-state index is 12.1. The smallest absolute Gasteiger partial charge is 0.308 e. The fourth-order valence-corrected chi connectivity index (χ4v) is 2.38. The van der Waals surface area contributed by atoms with E-state index in [9.17, 15) is 13.2 Å². The zero-order chi connectivity index (χ0) is 14.5. The Morgan fingerprint density at radius 2 is 1.84 bits per heavy atom. The van der Waals surface area contributed by atoms with Crippen molar-refractivity contribution >= 4 is 11.8 Å². The van der Waals surface area contributed by atoms with E-state index in [1.54, 1.807) is 0 Å². The first-order chi connectivity index (χ1) is 8.66. The number of benzene rings is 1. The Morgan fingerprint density at radius 1 is 1.16 bits per heavy atom. The van der Waals surface area contributed by atoms with Gasteiger partial charge >= 0.3 is 6.18 Å². The highest BCUT2D eigenvalue weighted by atomic mass is 32.2. The number of hydrogen-bond acceptors (Lipinski definition) is 2. The number of nitrogens with one attached hydrogen (secondary N) is 1. The molecule has 0 atom stereocenters. The molecule has 0 aliphatic carbocycles. The molecule has 1 N–H and O–H groups in total. The van der Waals surface area contributed by atoms with Crippen molar-refractivity contribution < 1.29 is 13.2 Å². The van der Waals surface area contributed by atoms with Crippen LogP contribution in [0.3, 0.4) is 0 Å². The van der Waals surface area contributed by atoms with E-state index in [0.29, 0.717) is 0 Å². The van der Waals surface area contributed by atoms with E-state index in [-0.39, 0.29) is 11.3 Å². The van der Waals surface area contributed by atoms with E-state index >= 15 is 0 Å². The number of alkyl halides is 3. The van der Waals surface area contributed by atoms with E-state index < -0.39 is 12.6 Å². The van der Waals surface area contributed by atoms with Crippen LogP contribution in [0.25, 0.3) is 0 Å². The predicted octanol–water partition coefficient (Wildman–Crippen LogP) is 4.62. The molecule has 0 unspecified atom stereocenters. The van der Waals surface area contributed by atoms with Crippen LogP contribution < -0.4 is 5.32 Å². The van der Waals surface area contributed by atoms with Crippen molar-refractivity contribution in [2.75, 3.05) is 5.75 Å². The minimum absolute atomic E-state index is 0.0272. The maximum Gasteiger partial charge on any atom is 0.389 e. The standard InChI is InChI=1S/C14H20F3NS/c1-13(2,3)18-10-11-5-4-6-12(9-11)19-8-7-14(15,16)17/h4-6,9,18H,7-8,10H2,1-3H3. The summed E-state index contributed by atoms with van der Waals surface area (Å²) in [5, 5.41) is 3.36. The third-order valence-corrected chi connectivity index (χ3v) is 3.37. The molecular weight excluding hydrogens is 271 g/mol. The first-order valence-corrected chi connectivity index (χ1v) is 7.18. The van der Waals surface area contributed by atoms with Crippen molar-refractivity contribution in [2.24, 2.45) is 0 Å². The van der Waals surface area contributed by atoms with Crippen LogP contribution in [0.2, 0.25) is 0 Å². The second-order valence-electron chi connectivity index (χ2n) is 5.46. The Morgan fingerprint density at radius 3 is 2.42 bits per heavy atom. The van der Waals surface area contributed by atoms with Gasteiger partial charge in [0.25, 0.3) is 0 Å². The molecule has 0 radical (unpaired) electrons. The molecule has 0 aliphatic heterocycles. The van der Waals surface area contributed by atoms with Gasteiger partial charge in [0.2, 0.25) is 0 Å². The molecule has 1 rings (SSSR count). The van der Waals surface area contributed by atoms with Crippen LogP contribution in [-0.2, 0) is 6.54 Å². The molecule has 0 aromatic heterocycles. The Labute approximate surface area is 117 Å². The third-order valence-electron chi connectivity index (χ3n) is 2.38. The van der Waals surface area contributed by atoms with Crippen LogP contribution in [0.5, 0.6) is 0 Å². The lowest BCUT2D eigenvalue weighted by Gasteiger charge is -2.20. The van der Waals surface area contributed by atoms with Gasteiger partial charge in [0.1, 0.15) is 0 Å². The van der Waals surface area contributed by atoms with Gasteiger partial charge in [0.15, 0.2) is 0 Å².